The van der Waals surface area contributed by atoms with Crippen LogP contribution in [0.5, 0.6) is 11.5 Å². The molecule has 0 fully saturated rings. The van der Waals surface area contributed by atoms with Crippen LogP contribution in [-0.4, -0.2) is 38.4 Å². The van der Waals surface area contributed by atoms with Crippen LogP contribution in [0.25, 0.3) is 0 Å². The third kappa shape index (κ3) is 4.30. The maximum absolute atomic E-state index is 6.19. The number of benzene rings is 1. The van der Waals surface area contributed by atoms with Gasteiger partial charge in [0.05, 0.1) is 19.8 Å². The van der Waals surface area contributed by atoms with Gasteiger partial charge in [-0.05, 0) is 17.7 Å². The first-order valence-corrected chi connectivity index (χ1v) is 7.68. The number of thioether (sulfide) groups is 1. The molecule has 1 aromatic carbocycles. The van der Waals surface area contributed by atoms with Crippen molar-refractivity contribution in [3.63, 3.8) is 0 Å². The van der Waals surface area contributed by atoms with Crippen LogP contribution in [0.4, 0.5) is 0 Å². The summed E-state index contributed by atoms with van der Waals surface area (Å²) in [4.78, 5) is 0. The van der Waals surface area contributed by atoms with E-state index in [0.29, 0.717) is 13.2 Å². The van der Waals surface area contributed by atoms with Crippen LogP contribution >= 0.6 is 11.8 Å². The molecule has 1 aromatic rings. The zero-order valence-corrected chi connectivity index (χ0v) is 12.1. The lowest BCUT2D eigenvalue weighted by Gasteiger charge is -2.14. The van der Waals surface area contributed by atoms with Crippen molar-refractivity contribution in [2.45, 2.75) is 12.5 Å². The molecule has 1 aliphatic heterocycles. The van der Waals surface area contributed by atoms with Crippen molar-refractivity contribution >= 4 is 11.8 Å². The van der Waals surface area contributed by atoms with E-state index >= 15 is 0 Å². The fourth-order valence-corrected chi connectivity index (χ4v) is 2.76. The average molecular weight is 283 g/mol. The van der Waals surface area contributed by atoms with Gasteiger partial charge in [-0.3, -0.25) is 0 Å². The molecule has 106 valence electrons. The monoisotopic (exact) mass is 283 g/mol. The Balaban J connectivity index is 1.94. The zero-order chi connectivity index (χ0) is 13.5. The molecule has 19 heavy (non-hydrogen) atoms. The van der Waals surface area contributed by atoms with Gasteiger partial charge < -0.3 is 19.9 Å². The Morgan fingerprint density at radius 3 is 2.89 bits per heavy atom. The summed E-state index contributed by atoms with van der Waals surface area (Å²) in [5.74, 6) is 3.48. The van der Waals surface area contributed by atoms with Crippen molar-refractivity contribution in [2.24, 2.45) is 5.73 Å². The second kappa shape index (κ2) is 7.62. The van der Waals surface area contributed by atoms with Crippen LogP contribution in [0, 0.1) is 0 Å². The normalized spacial score (nSPS) is 15.9. The molecule has 5 heteroatoms. The molecule has 1 atom stereocenters. The molecule has 0 bridgehead atoms. The van der Waals surface area contributed by atoms with Crippen LogP contribution in [0.1, 0.15) is 18.0 Å². The minimum Gasteiger partial charge on any atom is -0.490 e. The standard InChI is InChI=1S/C14H21NO3S/c1-16-7-8-19-10-12(15)11-3-4-13-14(9-11)18-6-2-5-17-13/h3-4,9,12H,2,5-8,10,15H2,1H3. The highest BCUT2D eigenvalue weighted by atomic mass is 32.2. The van der Waals surface area contributed by atoms with Gasteiger partial charge in [-0.2, -0.15) is 11.8 Å². The molecular formula is C14H21NO3S. The fourth-order valence-electron chi connectivity index (χ4n) is 1.86. The molecule has 4 nitrogen and oxygen atoms in total. The first kappa shape index (κ1) is 14.5. The minimum atomic E-state index is 0.0130. The smallest absolute Gasteiger partial charge is 0.161 e. The maximum Gasteiger partial charge on any atom is 0.161 e. The number of rotatable bonds is 6. The van der Waals surface area contributed by atoms with Gasteiger partial charge in [-0.1, -0.05) is 6.07 Å². The fraction of sp³-hybridized carbons (Fsp3) is 0.571. The van der Waals surface area contributed by atoms with Crippen LogP contribution in [-0.2, 0) is 4.74 Å². The predicted molar refractivity (Wildman–Crippen MR) is 78.2 cm³/mol. The zero-order valence-electron chi connectivity index (χ0n) is 11.3. The number of hydrogen-bond acceptors (Lipinski definition) is 5. The highest BCUT2D eigenvalue weighted by Crippen LogP contribution is 2.32. The van der Waals surface area contributed by atoms with E-state index in [4.69, 9.17) is 19.9 Å². The van der Waals surface area contributed by atoms with Crippen LogP contribution < -0.4 is 15.2 Å². The topological polar surface area (TPSA) is 53.7 Å². The number of nitrogens with two attached hydrogens (primary N) is 1. The summed E-state index contributed by atoms with van der Waals surface area (Å²) in [6, 6.07) is 5.99. The summed E-state index contributed by atoms with van der Waals surface area (Å²) in [5.41, 5.74) is 7.28. The molecule has 1 unspecified atom stereocenters. The highest BCUT2D eigenvalue weighted by Gasteiger charge is 2.13. The molecule has 1 heterocycles. The van der Waals surface area contributed by atoms with Gasteiger partial charge in [-0.25, -0.2) is 0 Å². The average Bonchev–Trinajstić information content (AvgIpc) is 2.67. The number of hydrogen-bond donors (Lipinski definition) is 1. The van der Waals surface area contributed by atoms with E-state index in [1.807, 2.05) is 18.2 Å². The second-order valence-electron chi connectivity index (χ2n) is 4.43. The molecular weight excluding hydrogens is 262 g/mol. The number of fused-ring (bicyclic) bond motifs is 1. The van der Waals surface area contributed by atoms with E-state index < -0.39 is 0 Å². The van der Waals surface area contributed by atoms with E-state index in [1.165, 1.54) is 0 Å². The summed E-state index contributed by atoms with van der Waals surface area (Å²) in [6.07, 6.45) is 0.920. The largest absolute Gasteiger partial charge is 0.490 e. The summed E-state index contributed by atoms with van der Waals surface area (Å²) in [6.45, 7) is 2.18. The molecule has 0 aliphatic carbocycles. The van der Waals surface area contributed by atoms with E-state index in [-0.39, 0.29) is 6.04 Å². The molecule has 0 saturated carbocycles. The maximum atomic E-state index is 6.19. The Bertz CT molecular complexity index is 400. The van der Waals surface area contributed by atoms with Crippen LogP contribution in [0.15, 0.2) is 18.2 Å². The summed E-state index contributed by atoms with van der Waals surface area (Å²) < 4.78 is 16.3. The van der Waals surface area contributed by atoms with Crippen molar-refractivity contribution < 1.29 is 14.2 Å². The highest BCUT2D eigenvalue weighted by molar-refractivity contribution is 7.99. The Morgan fingerprint density at radius 1 is 1.32 bits per heavy atom. The van der Waals surface area contributed by atoms with Gasteiger partial charge >= 0.3 is 0 Å². The molecule has 0 radical (unpaired) electrons. The third-order valence-electron chi connectivity index (χ3n) is 2.93. The molecule has 2 N–H and O–H groups in total. The Hall–Kier alpha value is -0.910. The SMILES string of the molecule is COCCSCC(N)c1ccc2c(c1)OCCCO2. The van der Waals surface area contributed by atoms with E-state index in [9.17, 15) is 0 Å². The van der Waals surface area contributed by atoms with Gasteiger partial charge in [0.2, 0.25) is 0 Å². The molecule has 1 aliphatic rings. The lowest BCUT2D eigenvalue weighted by Crippen LogP contribution is -2.14. The van der Waals surface area contributed by atoms with Crippen molar-refractivity contribution in [1.82, 2.24) is 0 Å². The van der Waals surface area contributed by atoms with Crippen molar-refractivity contribution in [3.05, 3.63) is 23.8 Å². The third-order valence-corrected chi connectivity index (χ3v) is 3.98. The summed E-state index contributed by atoms with van der Waals surface area (Å²) in [7, 11) is 1.71. The minimum absolute atomic E-state index is 0.0130. The molecule has 0 amide bonds. The Labute approximate surface area is 118 Å². The van der Waals surface area contributed by atoms with E-state index in [1.54, 1.807) is 18.9 Å². The van der Waals surface area contributed by atoms with Crippen LogP contribution in [0.3, 0.4) is 0 Å². The van der Waals surface area contributed by atoms with Crippen LogP contribution in [0.2, 0.25) is 0 Å². The van der Waals surface area contributed by atoms with Gasteiger partial charge in [0, 0.05) is 31.1 Å². The van der Waals surface area contributed by atoms with Crippen molar-refractivity contribution in [2.75, 3.05) is 38.4 Å². The summed E-state index contributed by atoms with van der Waals surface area (Å²) in [5, 5.41) is 0. The van der Waals surface area contributed by atoms with E-state index in [2.05, 4.69) is 0 Å². The lowest BCUT2D eigenvalue weighted by atomic mass is 10.1. The molecule has 2 rings (SSSR count). The van der Waals surface area contributed by atoms with Gasteiger partial charge in [0.15, 0.2) is 11.5 Å². The second-order valence-corrected chi connectivity index (χ2v) is 5.58. The van der Waals surface area contributed by atoms with Gasteiger partial charge in [0.25, 0.3) is 0 Å². The first-order chi connectivity index (χ1) is 9.31. The molecule has 0 aromatic heterocycles. The first-order valence-electron chi connectivity index (χ1n) is 6.53. The Morgan fingerprint density at radius 2 is 2.11 bits per heavy atom. The Kier molecular flexibility index (Phi) is 5.82. The van der Waals surface area contributed by atoms with Gasteiger partial charge in [0.1, 0.15) is 0 Å². The molecule has 0 saturated heterocycles. The molecule has 0 spiro atoms. The number of methoxy groups -OCH3 is 1. The predicted octanol–water partition coefficient (Wildman–Crippen LogP) is 2.23. The summed E-state index contributed by atoms with van der Waals surface area (Å²) >= 11 is 1.80. The van der Waals surface area contributed by atoms with Crippen molar-refractivity contribution in [3.8, 4) is 11.5 Å². The quantitative estimate of drug-likeness (QED) is 0.811. The van der Waals surface area contributed by atoms with Crippen molar-refractivity contribution in [1.29, 1.82) is 0 Å². The lowest BCUT2D eigenvalue weighted by molar-refractivity contribution is 0.218. The van der Waals surface area contributed by atoms with Gasteiger partial charge in [-0.15, -0.1) is 0 Å². The number of ether oxygens (including phenoxy) is 3. The van der Waals surface area contributed by atoms with E-state index in [0.717, 1.165) is 41.6 Å².